The first kappa shape index (κ1) is 18.1. The molecule has 1 aromatic carbocycles. The second-order valence-corrected chi connectivity index (χ2v) is 7.61. The molecule has 0 aliphatic heterocycles. The molecule has 24 heavy (non-hydrogen) atoms. The summed E-state index contributed by atoms with van der Waals surface area (Å²) >= 11 is 0. The number of rotatable bonds is 7. The number of likely N-dealkylation sites (N-methyl/N-ethyl adjacent to an activating group) is 1. The van der Waals surface area contributed by atoms with E-state index in [2.05, 4.69) is 4.98 Å². The molecule has 0 radical (unpaired) electrons. The molecule has 0 unspecified atom stereocenters. The first-order chi connectivity index (χ1) is 11.4. The van der Waals surface area contributed by atoms with Gasteiger partial charge in [-0.2, -0.15) is 4.31 Å². The predicted octanol–water partition coefficient (Wildman–Crippen LogP) is 1.50. The van der Waals surface area contributed by atoms with Gasteiger partial charge in [0, 0.05) is 32.5 Å². The lowest BCUT2D eigenvalue weighted by atomic mass is 10.2. The molecule has 1 heterocycles. The summed E-state index contributed by atoms with van der Waals surface area (Å²) in [6.45, 7) is 0.360. The summed E-state index contributed by atoms with van der Waals surface area (Å²) in [7, 11) is -1.84. The van der Waals surface area contributed by atoms with Crippen molar-refractivity contribution < 1.29 is 13.2 Å². The molecule has 0 aliphatic rings. The first-order valence-electron chi connectivity index (χ1n) is 7.48. The zero-order valence-corrected chi connectivity index (χ0v) is 14.6. The summed E-state index contributed by atoms with van der Waals surface area (Å²) in [6.07, 6.45) is 4.32. The van der Waals surface area contributed by atoms with Crippen LogP contribution in [0.1, 0.15) is 11.1 Å². The van der Waals surface area contributed by atoms with Crippen LogP contribution in [0.3, 0.4) is 0 Å². The molecule has 1 amide bonds. The Morgan fingerprint density at radius 3 is 2.29 bits per heavy atom. The van der Waals surface area contributed by atoms with Gasteiger partial charge in [0.1, 0.15) is 0 Å². The second kappa shape index (κ2) is 8.03. The number of sulfonamides is 1. The minimum absolute atomic E-state index is 0.123. The van der Waals surface area contributed by atoms with E-state index in [1.807, 2.05) is 30.3 Å². The number of carbonyl (C=O) groups is 1. The minimum atomic E-state index is -3.51. The van der Waals surface area contributed by atoms with Crippen LogP contribution in [0.4, 0.5) is 0 Å². The Morgan fingerprint density at radius 2 is 1.71 bits per heavy atom. The molecule has 0 saturated heterocycles. The fourth-order valence-electron chi connectivity index (χ4n) is 2.20. The van der Waals surface area contributed by atoms with Crippen molar-refractivity contribution in [1.82, 2.24) is 14.2 Å². The van der Waals surface area contributed by atoms with E-state index in [9.17, 15) is 13.2 Å². The molecule has 0 aliphatic carbocycles. The lowest BCUT2D eigenvalue weighted by Crippen LogP contribution is -2.40. The Hall–Kier alpha value is -2.25. The quantitative estimate of drug-likeness (QED) is 0.761. The molecule has 0 N–H and O–H groups in total. The van der Waals surface area contributed by atoms with Gasteiger partial charge in [0.25, 0.3) is 0 Å². The van der Waals surface area contributed by atoms with Crippen LogP contribution < -0.4 is 0 Å². The van der Waals surface area contributed by atoms with Crippen LogP contribution >= 0.6 is 0 Å². The largest absolute Gasteiger partial charge is 0.340 e. The Bertz CT molecular complexity index is 764. The number of hydrogen-bond donors (Lipinski definition) is 0. The zero-order chi connectivity index (χ0) is 17.6. The van der Waals surface area contributed by atoms with Gasteiger partial charge in [-0.25, -0.2) is 8.42 Å². The van der Waals surface area contributed by atoms with Crippen molar-refractivity contribution in [1.29, 1.82) is 0 Å². The van der Waals surface area contributed by atoms with Crippen molar-refractivity contribution in [3.63, 3.8) is 0 Å². The molecule has 0 spiro atoms. The van der Waals surface area contributed by atoms with E-state index in [1.165, 1.54) is 4.90 Å². The van der Waals surface area contributed by atoms with Crippen molar-refractivity contribution in [3.05, 3.63) is 66.0 Å². The highest BCUT2D eigenvalue weighted by molar-refractivity contribution is 7.88. The monoisotopic (exact) mass is 347 g/mol. The fourth-order valence-corrected chi connectivity index (χ4v) is 2.93. The highest BCUT2D eigenvalue weighted by atomic mass is 32.2. The van der Waals surface area contributed by atoms with Crippen molar-refractivity contribution in [3.8, 4) is 0 Å². The van der Waals surface area contributed by atoms with Crippen molar-refractivity contribution in [2.75, 3.05) is 19.8 Å². The van der Waals surface area contributed by atoms with Gasteiger partial charge in [-0.05, 0) is 17.2 Å². The number of aromatic nitrogens is 1. The second-order valence-electron chi connectivity index (χ2n) is 5.63. The van der Waals surface area contributed by atoms with E-state index >= 15 is 0 Å². The maximum atomic E-state index is 12.4. The molecule has 0 atom stereocenters. The average molecular weight is 347 g/mol. The van der Waals surface area contributed by atoms with Gasteiger partial charge < -0.3 is 4.90 Å². The summed E-state index contributed by atoms with van der Waals surface area (Å²) < 4.78 is 25.1. The number of nitrogens with zero attached hydrogens (tertiary/aromatic N) is 3. The molecule has 1 aromatic heterocycles. The smallest absolute Gasteiger partial charge is 0.237 e. The third-order valence-corrected chi connectivity index (χ3v) is 4.75. The standard InChI is InChI=1S/C17H21N3O3S/c1-19(12-15-7-4-3-5-8-15)17(21)14-20(24(2,22)23)13-16-9-6-10-18-11-16/h3-11H,12-14H2,1-2H3. The summed E-state index contributed by atoms with van der Waals surface area (Å²) in [5, 5.41) is 0. The van der Waals surface area contributed by atoms with Crippen LogP contribution in [0.2, 0.25) is 0 Å². The Morgan fingerprint density at radius 1 is 1.04 bits per heavy atom. The molecule has 6 nitrogen and oxygen atoms in total. The maximum Gasteiger partial charge on any atom is 0.237 e. The van der Waals surface area contributed by atoms with E-state index in [0.29, 0.717) is 6.54 Å². The Labute approximate surface area is 142 Å². The normalized spacial score (nSPS) is 11.5. The fraction of sp³-hybridized carbons (Fsp3) is 0.294. The third-order valence-electron chi connectivity index (χ3n) is 3.55. The van der Waals surface area contributed by atoms with Crippen LogP contribution in [0, 0.1) is 0 Å². The number of hydrogen-bond acceptors (Lipinski definition) is 4. The molecule has 0 bridgehead atoms. The van der Waals surface area contributed by atoms with Gasteiger partial charge in [0.05, 0.1) is 12.8 Å². The summed E-state index contributed by atoms with van der Waals surface area (Å²) in [6, 6.07) is 13.1. The minimum Gasteiger partial charge on any atom is -0.340 e. The van der Waals surface area contributed by atoms with Gasteiger partial charge in [0.15, 0.2) is 0 Å². The van der Waals surface area contributed by atoms with Crippen molar-refractivity contribution >= 4 is 15.9 Å². The summed E-state index contributed by atoms with van der Waals surface area (Å²) in [5.74, 6) is -0.256. The van der Waals surface area contributed by atoms with Crippen LogP contribution in [-0.2, 0) is 27.9 Å². The van der Waals surface area contributed by atoms with E-state index in [-0.39, 0.29) is 19.0 Å². The predicted molar refractivity (Wildman–Crippen MR) is 92.4 cm³/mol. The van der Waals surface area contributed by atoms with Crippen LogP contribution in [0.25, 0.3) is 0 Å². The molecule has 7 heteroatoms. The molecule has 2 aromatic rings. The molecule has 0 fully saturated rings. The van der Waals surface area contributed by atoms with Gasteiger partial charge in [-0.15, -0.1) is 0 Å². The van der Waals surface area contributed by atoms with Crippen LogP contribution in [0.5, 0.6) is 0 Å². The SMILES string of the molecule is CN(Cc1ccccc1)C(=O)CN(Cc1cccnc1)S(C)(=O)=O. The van der Waals surface area contributed by atoms with E-state index in [1.54, 1.807) is 31.6 Å². The Kier molecular flexibility index (Phi) is 6.05. The van der Waals surface area contributed by atoms with Gasteiger partial charge in [-0.3, -0.25) is 9.78 Å². The van der Waals surface area contributed by atoms with Gasteiger partial charge >= 0.3 is 0 Å². The van der Waals surface area contributed by atoms with E-state index in [4.69, 9.17) is 0 Å². The average Bonchev–Trinajstić information content (AvgIpc) is 2.55. The first-order valence-corrected chi connectivity index (χ1v) is 9.33. The molecule has 128 valence electrons. The van der Waals surface area contributed by atoms with Gasteiger partial charge in [-0.1, -0.05) is 36.4 Å². The third kappa shape index (κ3) is 5.43. The number of amides is 1. The highest BCUT2D eigenvalue weighted by Gasteiger charge is 2.22. The number of benzene rings is 1. The van der Waals surface area contributed by atoms with Crippen LogP contribution in [0.15, 0.2) is 54.9 Å². The molecule has 2 rings (SSSR count). The Balaban J connectivity index is 2.04. The topological polar surface area (TPSA) is 70.6 Å². The summed E-state index contributed by atoms with van der Waals surface area (Å²) in [4.78, 5) is 17.9. The van der Waals surface area contributed by atoms with Crippen LogP contribution in [-0.4, -0.2) is 48.4 Å². The van der Waals surface area contributed by atoms with Crippen molar-refractivity contribution in [2.24, 2.45) is 0 Å². The van der Waals surface area contributed by atoms with Crippen molar-refractivity contribution in [2.45, 2.75) is 13.1 Å². The van der Waals surface area contributed by atoms with E-state index in [0.717, 1.165) is 21.7 Å². The molecular weight excluding hydrogens is 326 g/mol. The number of carbonyl (C=O) groups excluding carboxylic acids is 1. The van der Waals surface area contributed by atoms with Gasteiger partial charge in [0.2, 0.25) is 15.9 Å². The lowest BCUT2D eigenvalue weighted by Gasteiger charge is -2.23. The molecular formula is C17H21N3O3S. The highest BCUT2D eigenvalue weighted by Crippen LogP contribution is 2.09. The summed E-state index contributed by atoms with van der Waals surface area (Å²) in [5.41, 5.74) is 1.73. The zero-order valence-electron chi connectivity index (χ0n) is 13.8. The molecule has 0 saturated carbocycles. The lowest BCUT2D eigenvalue weighted by molar-refractivity contribution is -0.130. The maximum absolute atomic E-state index is 12.4. The number of pyridine rings is 1. The van der Waals surface area contributed by atoms with E-state index < -0.39 is 10.0 Å².